The molecule has 6 nitrogen and oxygen atoms in total. The molecule has 3 aromatic rings. The molecule has 1 aromatic carbocycles. The summed E-state index contributed by atoms with van der Waals surface area (Å²) in [4.78, 5) is 25.2. The SMILES string of the molecule is O=C(c1ccc([N+](=O)[O-])o1)c1c[nH]c2cc(Br)ccc12. The van der Waals surface area contributed by atoms with E-state index in [1.165, 1.54) is 12.1 Å². The third-order valence-electron chi connectivity index (χ3n) is 2.88. The van der Waals surface area contributed by atoms with Crippen LogP contribution in [0.25, 0.3) is 10.9 Å². The second-order valence-electron chi connectivity index (χ2n) is 4.12. The van der Waals surface area contributed by atoms with Gasteiger partial charge in [0.25, 0.3) is 0 Å². The highest BCUT2D eigenvalue weighted by Crippen LogP contribution is 2.26. The van der Waals surface area contributed by atoms with Crippen molar-refractivity contribution in [3.8, 4) is 0 Å². The maximum atomic E-state index is 12.3. The third-order valence-corrected chi connectivity index (χ3v) is 3.38. The van der Waals surface area contributed by atoms with E-state index in [2.05, 4.69) is 20.9 Å². The summed E-state index contributed by atoms with van der Waals surface area (Å²) < 4.78 is 5.82. The molecule has 20 heavy (non-hydrogen) atoms. The fraction of sp³-hybridized carbons (Fsp3) is 0. The van der Waals surface area contributed by atoms with Crippen LogP contribution in [0.4, 0.5) is 5.88 Å². The zero-order valence-electron chi connectivity index (χ0n) is 9.92. The molecule has 7 heteroatoms. The molecule has 0 saturated carbocycles. The number of ketones is 1. The van der Waals surface area contributed by atoms with E-state index in [-0.39, 0.29) is 5.76 Å². The van der Waals surface area contributed by atoms with Crippen LogP contribution in [0.15, 0.2) is 45.4 Å². The quantitative estimate of drug-likeness (QED) is 0.449. The molecule has 0 atom stereocenters. The fourth-order valence-electron chi connectivity index (χ4n) is 1.97. The number of hydrogen-bond acceptors (Lipinski definition) is 4. The van der Waals surface area contributed by atoms with Crippen molar-refractivity contribution in [3.05, 3.63) is 62.4 Å². The molecule has 0 fully saturated rings. The monoisotopic (exact) mass is 334 g/mol. The molecule has 0 radical (unpaired) electrons. The second kappa shape index (κ2) is 4.61. The van der Waals surface area contributed by atoms with E-state index in [0.29, 0.717) is 5.56 Å². The van der Waals surface area contributed by atoms with E-state index in [4.69, 9.17) is 4.42 Å². The van der Waals surface area contributed by atoms with E-state index in [9.17, 15) is 14.9 Å². The van der Waals surface area contributed by atoms with Crippen LogP contribution in [-0.4, -0.2) is 15.7 Å². The van der Waals surface area contributed by atoms with Gasteiger partial charge in [-0.1, -0.05) is 22.0 Å². The summed E-state index contributed by atoms with van der Waals surface area (Å²) >= 11 is 3.34. The highest BCUT2D eigenvalue weighted by atomic mass is 79.9. The first-order valence-corrected chi connectivity index (χ1v) is 6.41. The van der Waals surface area contributed by atoms with Crippen LogP contribution in [0.2, 0.25) is 0 Å². The molecule has 2 heterocycles. The summed E-state index contributed by atoms with van der Waals surface area (Å²) in [5.41, 5.74) is 1.21. The molecule has 0 aliphatic rings. The number of hydrogen-bond donors (Lipinski definition) is 1. The number of fused-ring (bicyclic) bond motifs is 1. The number of halogens is 1. The van der Waals surface area contributed by atoms with Gasteiger partial charge in [0.15, 0.2) is 5.76 Å². The number of nitrogens with zero attached hydrogens (tertiary/aromatic N) is 1. The van der Waals surface area contributed by atoms with Gasteiger partial charge in [0.2, 0.25) is 5.78 Å². The highest BCUT2D eigenvalue weighted by Gasteiger charge is 2.21. The van der Waals surface area contributed by atoms with Crippen molar-refractivity contribution in [2.75, 3.05) is 0 Å². The number of carbonyl (C=O) groups is 1. The molecule has 0 aliphatic heterocycles. The Balaban J connectivity index is 2.05. The number of nitro groups is 1. The average Bonchev–Trinajstić information content (AvgIpc) is 3.04. The largest absolute Gasteiger partial charge is 0.433 e. The number of carbonyl (C=O) groups excluding carboxylic acids is 1. The lowest BCUT2D eigenvalue weighted by Crippen LogP contribution is -1.98. The summed E-state index contributed by atoms with van der Waals surface area (Å²) in [5, 5.41) is 11.3. The maximum Gasteiger partial charge on any atom is 0.433 e. The Labute approximate surface area is 120 Å². The Kier molecular flexibility index (Phi) is 2.90. The lowest BCUT2D eigenvalue weighted by atomic mass is 10.1. The van der Waals surface area contributed by atoms with Crippen LogP contribution in [0.1, 0.15) is 16.1 Å². The van der Waals surface area contributed by atoms with Gasteiger partial charge in [0, 0.05) is 21.6 Å². The maximum absolute atomic E-state index is 12.3. The molecule has 0 amide bonds. The van der Waals surface area contributed by atoms with Crippen LogP contribution in [0, 0.1) is 10.1 Å². The van der Waals surface area contributed by atoms with Crippen LogP contribution in [0.3, 0.4) is 0 Å². The van der Waals surface area contributed by atoms with Crippen LogP contribution in [-0.2, 0) is 0 Å². The number of nitrogens with one attached hydrogen (secondary N) is 1. The number of aromatic nitrogens is 1. The van der Waals surface area contributed by atoms with Gasteiger partial charge < -0.3 is 9.40 Å². The van der Waals surface area contributed by atoms with Crippen LogP contribution < -0.4 is 0 Å². The van der Waals surface area contributed by atoms with Gasteiger partial charge in [0.1, 0.15) is 4.92 Å². The minimum Gasteiger partial charge on any atom is -0.397 e. The van der Waals surface area contributed by atoms with E-state index in [1.807, 2.05) is 12.1 Å². The first-order chi connectivity index (χ1) is 9.56. The molecular formula is C13H7BrN2O4. The Bertz CT molecular complexity index is 834. The smallest absolute Gasteiger partial charge is 0.397 e. The number of H-pyrrole nitrogens is 1. The van der Waals surface area contributed by atoms with Crippen molar-refractivity contribution < 1.29 is 14.1 Å². The summed E-state index contributed by atoms with van der Waals surface area (Å²) in [7, 11) is 0. The first-order valence-electron chi connectivity index (χ1n) is 5.62. The number of furan rings is 1. The summed E-state index contributed by atoms with van der Waals surface area (Å²) in [6, 6.07) is 7.92. The van der Waals surface area contributed by atoms with Gasteiger partial charge in [-0.05, 0) is 18.2 Å². The number of rotatable bonds is 3. The van der Waals surface area contributed by atoms with E-state index < -0.39 is 16.6 Å². The summed E-state index contributed by atoms with van der Waals surface area (Å²) in [6.07, 6.45) is 1.56. The van der Waals surface area contributed by atoms with Crippen molar-refractivity contribution in [2.45, 2.75) is 0 Å². The third kappa shape index (κ3) is 2.01. The molecule has 2 aromatic heterocycles. The molecule has 0 saturated heterocycles. The Hall–Kier alpha value is -2.41. The minimum atomic E-state index is -0.677. The standard InChI is InChI=1S/C13H7BrN2O4/c14-7-1-2-8-9(6-15-10(8)5-7)13(17)11-3-4-12(20-11)16(18)19/h1-6,15H. The van der Waals surface area contributed by atoms with Crippen molar-refractivity contribution in [1.82, 2.24) is 4.98 Å². The van der Waals surface area contributed by atoms with Gasteiger partial charge in [-0.15, -0.1) is 0 Å². The Morgan fingerprint density at radius 1 is 1.30 bits per heavy atom. The van der Waals surface area contributed by atoms with E-state index in [1.54, 1.807) is 12.3 Å². The number of aromatic amines is 1. The molecule has 0 unspecified atom stereocenters. The lowest BCUT2D eigenvalue weighted by Gasteiger charge is -1.96. The summed E-state index contributed by atoms with van der Waals surface area (Å²) in [5.74, 6) is -0.900. The van der Waals surface area contributed by atoms with Crippen molar-refractivity contribution in [2.24, 2.45) is 0 Å². The highest BCUT2D eigenvalue weighted by molar-refractivity contribution is 9.10. The van der Waals surface area contributed by atoms with E-state index in [0.717, 1.165) is 15.4 Å². The zero-order valence-corrected chi connectivity index (χ0v) is 11.5. The Morgan fingerprint density at radius 2 is 2.10 bits per heavy atom. The molecule has 0 aliphatic carbocycles. The molecule has 3 rings (SSSR count). The topological polar surface area (TPSA) is 89.1 Å². The predicted molar refractivity (Wildman–Crippen MR) is 74.8 cm³/mol. The van der Waals surface area contributed by atoms with Gasteiger partial charge in [-0.3, -0.25) is 14.9 Å². The molecule has 0 spiro atoms. The fourth-order valence-corrected chi connectivity index (χ4v) is 2.33. The summed E-state index contributed by atoms with van der Waals surface area (Å²) in [6.45, 7) is 0. The predicted octanol–water partition coefficient (Wildman–Crippen LogP) is 3.66. The second-order valence-corrected chi connectivity index (χ2v) is 5.03. The first kappa shape index (κ1) is 12.6. The van der Waals surface area contributed by atoms with Crippen LogP contribution >= 0.6 is 15.9 Å². The van der Waals surface area contributed by atoms with Crippen LogP contribution in [0.5, 0.6) is 0 Å². The van der Waals surface area contributed by atoms with Gasteiger partial charge in [0.05, 0.1) is 11.6 Å². The normalized spacial score (nSPS) is 10.8. The molecule has 1 N–H and O–H groups in total. The minimum absolute atomic E-state index is 0.0551. The number of benzene rings is 1. The molecular weight excluding hydrogens is 328 g/mol. The van der Waals surface area contributed by atoms with Gasteiger partial charge in [-0.25, -0.2) is 0 Å². The average molecular weight is 335 g/mol. The molecule has 100 valence electrons. The van der Waals surface area contributed by atoms with Gasteiger partial charge >= 0.3 is 5.88 Å². The van der Waals surface area contributed by atoms with E-state index >= 15 is 0 Å². The van der Waals surface area contributed by atoms with Crippen molar-refractivity contribution in [3.63, 3.8) is 0 Å². The van der Waals surface area contributed by atoms with Gasteiger partial charge in [-0.2, -0.15) is 0 Å². The molecule has 0 bridgehead atoms. The van der Waals surface area contributed by atoms with Crippen molar-refractivity contribution >= 4 is 38.5 Å². The van der Waals surface area contributed by atoms with Crippen molar-refractivity contribution in [1.29, 1.82) is 0 Å². The Morgan fingerprint density at radius 3 is 2.80 bits per heavy atom. The lowest BCUT2D eigenvalue weighted by molar-refractivity contribution is -0.402. The zero-order chi connectivity index (χ0) is 14.3.